The molecular weight excluding hydrogens is 509 g/mol. The van der Waals surface area contributed by atoms with E-state index in [-0.39, 0.29) is 34.1 Å². The van der Waals surface area contributed by atoms with Crippen molar-refractivity contribution in [2.24, 2.45) is 5.92 Å². The van der Waals surface area contributed by atoms with Gasteiger partial charge < -0.3 is 10.3 Å². The monoisotopic (exact) mass is 533 g/mol. The molecule has 0 aromatic carbocycles. The normalized spacial score (nSPS) is 14.1. The Morgan fingerprint density at radius 1 is 0.900 bits per heavy atom. The van der Waals surface area contributed by atoms with Crippen molar-refractivity contribution in [3.63, 3.8) is 0 Å². The summed E-state index contributed by atoms with van der Waals surface area (Å²) in [6.45, 7) is 0. The van der Waals surface area contributed by atoms with Gasteiger partial charge in [0.05, 0.1) is 17.3 Å². The number of hydrogen-bond donors (Lipinski definition) is 3. The van der Waals surface area contributed by atoms with Crippen molar-refractivity contribution in [3.8, 4) is 33.8 Å². The minimum Gasteiger partial charge on any atom is -0.324 e. The Balaban J connectivity index is 1.26. The maximum absolute atomic E-state index is 16.1. The molecule has 1 aliphatic rings. The first-order valence-corrected chi connectivity index (χ1v) is 13.2. The van der Waals surface area contributed by atoms with Gasteiger partial charge >= 0.3 is 0 Å². The molecule has 0 radical (unpaired) electrons. The Hall–Kier alpha value is -5.06. The molecule has 10 nitrogen and oxygen atoms in total. The lowest BCUT2D eigenvalue weighted by Crippen LogP contribution is -2.24. The lowest BCUT2D eigenvalue weighted by atomic mass is 9.88. The first kappa shape index (κ1) is 24.0. The third-order valence-electron chi connectivity index (χ3n) is 7.42. The molecule has 0 spiro atoms. The number of rotatable bonds is 5. The zero-order valence-corrected chi connectivity index (χ0v) is 21.4. The van der Waals surface area contributed by atoms with Crippen molar-refractivity contribution in [3.05, 3.63) is 67.3 Å². The van der Waals surface area contributed by atoms with E-state index in [0.717, 1.165) is 36.8 Å². The van der Waals surface area contributed by atoms with Crippen molar-refractivity contribution >= 4 is 33.8 Å². The lowest BCUT2D eigenvalue weighted by molar-refractivity contribution is -0.120. The number of carbonyl (C=O) groups is 1. The van der Waals surface area contributed by atoms with Gasteiger partial charge in [-0.15, -0.1) is 0 Å². The molecule has 3 N–H and O–H groups in total. The SMILES string of the molecule is O=C(Nc1cncc(-c2cnc3[nH]nc(-c4nc5c(-c6ccncc6)ccnc5[nH]4)c3c2F)c1)C1CCCCC1. The zero-order valence-electron chi connectivity index (χ0n) is 21.4. The van der Waals surface area contributed by atoms with Crippen molar-refractivity contribution in [1.29, 1.82) is 0 Å². The minimum atomic E-state index is -0.519. The first-order valence-electron chi connectivity index (χ1n) is 13.2. The fourth-order valence-corrected chi connectivity index (χ4v) is 5.38. The van der Waals surface area contributed by atoms with Gasteiger partial charge in [0.25, 0.3) is 0 Å². The fraction of sp³-hybridized carbons (Fsp3) is 0.207. The average Bonchev–Trinajstić information content (AvgIpc) is 3.63. The van der Waals surface area contributed by atoms with E-state index in [2.05, 4.69) is 40.4 Å². The molecule has 11 heteroatoms. The summed E-state index contributed by atoms with van der Waals surface area (Å²) < 4.78 is 16.1. The topological polar surface area (TPSA) is 138 Å². The molecule has 0 aliphatic heterocycles. The summed E-state index contributed by atoms with van der Waals surface area (Å²) in [7, 11) is 0. The number of imidazole rings is 1. The van der Waals surface area contributed by atoms with Gasteiger partial charge in [-0.1, -0.05) is 19.3 Å². The summed E-state index contributed by atoms with van der Waals surface area (Å²) in [4.78, 5) is 37.8. The molecule has 6 heterocycles. The Morgan fingerprint density at radius 2 is 1.75 bits per heavy atom. The van der Waals surface area contributed by atoms with Gasteiger partial charge in [-0.25, -0.2) is 19.3 Å². The van der Waals surface area contributed by atoms with Crippen molar-refractivity contribution in [1.82, 2.24) is 40.1 Å². The van der Waals surface area contributed by atoms with Crippen molar-refractivity contribution in [2.45, 2.75) is 32.1 Å². The van der Waals surface area contributed by atoms with Gasteiger partial charge in [0.2, 0.25) is 5.91 Å². The first-order chi connectivity index (χ1) is 19.7. The molecule has 0 bridgehead atoms. The molecule has 7 rings (SSSR count). The molecule has 1 fully saturated rings. The van der Waals surface area contributed by atoms with Crippen LogP contribution in [-0.2, 0) is 4.79 Å². The average molecular weight is 534 g/mol. The molecule has 0 saturated heterocycles. The smallest absolute Gasteiger partial charge is 0.227 e. The second-order valence-corrected chi connectivity index (χ2v) is 9.95. The second kappa shape index (κ2) is 9.92. The molecule has 0 unspecified atom stereocenters. The summed E-state index contributed by atoms with van der Waals surface area (Å²) in [6, 6.07) is 7.37. The molecular formula is C29H24FN9O. The maximum atomic E-state index is 16.1. The minimum absolute atomic E-state index is 0.00183. The van der Waals surface area contributed by atoms with Gasteiger partial charge in [-0.05, 0) is 42.7 Å². The number of halogens is 1. The summed E-state index contributed by atoms with van der Waals surface area (Å²) >= 11 is 0. The van der Waals surface area contributed by atoms with Crippen LogP contribution in [0, 0.1) is 11.7 Å². The van der Waals surface area contributed by atoms with E-state index >= 15 is 4.39 Å². The van der Waals surface area contributed by atoms with Crippen LogP contribution in [-0.4, -0.2) is 46.0 Å². The van der Waals surface area contributed by atoms with E-state index in [1.165, 1.54) is 12.6 Å². The summed E-state index contributed by atoms with van der Waals surface area (Å²) in [5.41, 5.74) is 4.81. The highest BCUT2D eigenvalue weighted by Crippen LogP contribution is 2.34. The molecule has 1 aliphatic carbocycles. The fourth-order valence-electron chi connectivity index (χ4n) is 5.38. The van der Waals surface area contributed by atoms with Crippen LogP contribution < -0.4 is 5.32 Å². The summed E-state index contributed by atoms with van der Waals surface area (Å²) in [5, 5.41) is 10.3. The van der Waals surface area contributed by atoms with Crippen LogP contribution in [0.1, 0.15) is 32.1 Å². The Kier molecular flexibility index (Phi) is 5.95. The highest BCUT2D eigenvalue weighted by Gasteiger charge is 2.23. The predicted octanol–water partition coefficient (Wildman–Crippen LogP) is 5.68. The second-order valence-electron chi connectivity index (χ2n) is 9.95. The van der Waals surface area contributed by atoms with Crippen LogP contribution in [0.4, 0.5) is 10.1 Å². The Bertz CT molecular complexity index is 1860. The van der Waals surface area contributed by atoms with E-state index in [9.17, 15) is 4.79 Å². The maximum Gasteiger partial charge on any atom is 0.227 e. The van der Waals surface area contributed by atoms with Crippen molar-refractivity contribution < 1.29 is 9.18 Å². The molecule has 40 heavy (non-hydrogen) atoms. The standard InChI is InChI=1S/C29H24FN9O/c30-23-21(18-12-19(14-32-13-18)35-29(40)17-4-2-1-3-5-17)15-34-26-22(23)25(38-39-26)28-36-24-20(8-11-33-27(24)37-28)16-6-9-31-10-7-16/h6-15,17H,1-5H2,(H,35,40)(H,33,36,37)(H,34,38,39). The van der Waals surface area contributed by atoms with Crippen LogP contribution in [0.2, 0.25) is 0 Å². The lowest BCUT2D eigenvalue weighted by Gasteiger charge is -2.20. The van der Waals surface area contributed by atoms with Crippen LogP contribution >= 0.6 is 0 Å². The van der Waals surface area contributed by atoms with E-state index in [1.54, 1.807) is 37.1 Å². The number of anilines is 1. The van der Waals surface area contributed by atoms with Gasteiger partial charge in [0, 0.05) is 53.6 Å². The quantitative estimate of drug-likeness (QED) is 0.259. The van der Waals surface area contributed by atoms with E-state index < -0.39 is 5.82 Å². The third kappa shape index (κ3) is 4.25. The van der Waals surface area contributed by atoms with Gasteiger partial charge in [0.15, 0.2) is 17.1 Å². The zero-order chi connectivity index (χ0) is 27.1. The van der Waals surface area contributed by atoms with Crippen LogP contribution in [0.5, 0.6) is 0 Å². The molecule has 198 valence electrons. The molecule has 6 aromatic heterocycles. The number of aromatic amines is 2. The number of nitrogens with one attached hydrogen (secondary N) is 3. The van der Waals surface area contributed by atoms with E-state index in [4.69, 9.17) is 4.98 Å². The van der Waals surface area contributed by atoms with Gasteiger partial charge in [-0.3, -0.25) is 19.9 Å². The number of pyridine rings is 4. The Morgan fingerprint density at radius 3 is 2.60 bits per heavy atom. The third-order valence-corrected chi connectivity index (χ3v) is 7.42. The van der Waals surface area contributed by atoms with E-state index in [1.807, 2.05) is 18.2 Å². The Labute approximate surface area is 227 Å². The highest BCUT2D eigenvalue weighted by atomic mass is 19.1. The molecule has 6 aromatic rings. The number of amides is 1. The molecule has 1 saturated carbocycles. The summed E-state index contributed by atoms with van der Waals surface area (Å²) in [6.07, 6.45) is 14.7. The predicted molar refractivity (Wildman–Crippen MR) is 148 cm³/mol. The number of nitrogens with zero attached hydrogens (tertiary/aromatic N) is 6. The van der Waals surface area contributed by atoms with Crippen LogP contribution in [0.15, 0.2) is 61.4 Å². The number of aromatic nitrogens is 8. The van der Waals surface area contributed by atoms with Gasteiger partial charge in [0.1, 0.15) is 17.0 Å². The largest absolute Gasteiger partial charge is 0.324 e. The van der Waals surface area contributed by atoms with Crippen LogP contribution in [0.25, 0.3) is 56.0 Å². The number of fused-ring (bicyclic) bond motifs is 2. The highest BCUT2D eigenvalue weighted by molar-refractivity contribution is 5.97. The molecule has 0 atom stereocenters. The van der Waals surface area contributed by atoms with E-state index in [0.29, 0.717) is 28.2 Å². The number of H-pyrrole nitrogens is 2. The number of hydrogen-bond acceptors (Lipinski definition) is 7. The van der Waals surface area contributed by atoms with Gasteiger partial charge in [-0.2, -0.15) is 5.10 Å². The number of carbonyl (C=O) groups excluding carboxylic acids is 1. The van der Waals surface area contributed by atoms with Crippen molar-refractivity contribution in [2.75, 3.05) is 5.32 Å². The summed E-state index contributed by atoms with van der Waals surface area (Å²) in [5.74, 6) is -0.179. The molecule has 1 amide bonds. The van der Waals surface area contributed by atoms with Crippen LogP contribution in [0.3, 0.4) is 0 Å².